The first kappa shape index (κ1) is 14.0. The van der Waals surface area contributed by atoms with Gasteiger partial charge in [0.2, 0.25) is 0 Å². The maximum Gasteiger partial charge on any atom is 0.128 e. The molecule has 0 aliphatic rings. The van der Waals surface area contributed by atoms with E-state index in [4.69, 9.17) is 22.1 Å². The summed E-state index contributed by atoms with van der Waals surface area (Å²) in [5.41, 5.74) is 7.81. The molecule has 0 aromatic heterocycles. The molecular formula is C15H15ClFNO. The van der Waals surface area contributed by atoms with E-state index in [0.717, 1.165) is 11.1 Å². The van der Waals surface area contributed by atoms with Crippen molar-refractivity contribution in [3.05, 3.63) is 70.0 Å². The Hall–Kier alpha value is -1.42. The molecule has 2 aromatic carbocycles. The largest absolute Gasteiger partial charge is 0.372 e. The average molecular weight is 280 g/mol. The quantitative estimate of drug-likeness (QED) is 0.907. The molecule has 0 atom stereocenters. The van der Waals surface area contributed by atoms with Crippen LogP contribution in [0.5, 0.6) is 0 Å². The summed E-state index contributed by atoms with van der Waals surface area (Å²) in [6, 6.07) is 12.2. The van der Waals surface area contributed by atoms with Crippen molar-refractivity contribution in [1.29, 1.82) is 0 Å². The van der Waals surface area contributed by atoms with E-state index in [0.29, 0.717) is 23.7 Å². The van der Waals surface area contributed by atoms with Crippen molar-refractivity contribution in [3.63, 3.8) is 0 Å². The molecular weight excluding hydrogens is 265 g/mol. The van der Waals surface area contributed by atoms with Crippen LogP contribution in [0.2, 0.25) is 5.02 Å². The Bertz CT molecular complexity index is 560. The summed E-state index contributed by atoms with van der Waals surface area (Å²) in [5, 5.41) is 0.652. The van der Waals surface area contributed by atoms with Gasteiger partial charge in [0.15, 0.2) is 0 Å². The van der Waals surface area contributed by atoms with Gasteiger partial charge in [0, 0.05) is 17.1 Å². The van der Waals surface area contributed by atoms with Crippen LogP contribution in [0.4, 0.5) is 4.39 Å². The molecule has 2 N–H and O–H groups in total. The third-order valence-corrected chi connectivity index (χ3v) is 3.19. The van der Waals surface area contributed by atoms with Crippen LogP contribution in [-0.4, -0.2) is 0 Å². The smallest absolute Gasteiger partial charge is 0.128 e. The molecule has 0 heterocycles. The minimum atomic E-state index is -0.281. The summed E-state index contributed by atoms with van der Waals surface area (Å²) < 4.78 is 19.1. The molecule has 0 fully saturated rings. The van der Waals surface area contributed by atoms with Crippen LogP contribution in [-0.2, 0) is 24.5 Å². The van der Waals surface area contributed by atoms with Crippen LogP contribution in [0.25, 0.3) is 0 Å². The topological polar surface area (TPSA) is 35.2 Å². The SMILES string of the molecule is NCc1ccc(F)c(COCc2ccccc2Cl)c1. The fourth-order valence-electron chi connectivity index (χ4n) is 1.75. The second-order valence-corrected chi connectivity index (χ2v) is 4.62. The summed E-state index contributed by atoms with van der Waals surface area (Å²) in [4.78, 5) is 0. The summed E-state index contributed by atoms with van der Waals surface area (Å²) in [7, 11) is 0. The maximum absolute atomic E-state index is 13.6. The Kier molecular flexibility index (Phi) is 4.91. The van der Waals surface area contributed by atoms with E-state index in [2.05, 4.69) is 0 Å². The number of halogens is 2. The first-order valence-corrected chi connectivity index (χ1v) is 6.37. The zero-order chi connectivity index (χ0) is 13.7. The van der Waals surface area contributed by atoms with Gasteiger partial charge in [0.25, 0.3) is 0 Å². The summed E-state index contributed by atoms with van der Waals surface area (Å²) in [6.07, 6.45) is 0. The van der Waals surface area contributed by atoms with Crippen LogP contribution in [0.15, 0.2) is 42.5 Å². The van der Waals surface area contributed by atoms with E-state index in [1.165, 1.54) is 6.07 Å². The van der Waals surface area contributed by atoms with Gasteiger partial charge in [0.1, 0.15) is 5.82 Å². The van der Waals surface area contributed by atoms with Gasteiger partial charge in [-0.1, -0.05) is 35.9 Å². The van der Waals surface area contributed by atoms with Gasteiger partial charge in [0.05, 0.1) is 13.2 Å². The number of hydrogen-bond donors (Lipinski definition) is 1. The number of benzene rings is 2. The first-order valence-electron chi connectivity index (χ1n) is 5.99. The zero-order valence-electron chi connectivity index (χ0n) is 10.4. The van der Waals surface area contributed by atoms with E-state index in [1.807, 2.05) is 18.2 Å². The molecule has 0 saturated carbocycles. The zero-order valence-corrected chi connectivity index (χ0v) is 11.2. The summed E-state index contributed by atoms with van der Waals surface area (Å²) in [5.74, 6) is -0.281. The number of ether oxygens (including phenoxy) is 1. The van der Waals surface area contributed by atoms with Gasteiger partial charge in [-0.3, -0.25) is 0 Å². The minimum absolute atomic E-state index is 0.199. The Morgan fingerprint density at radius 2 is 1.79 bits per heavy atom. The average Bonchev–Trinajstić information content (AvgIpc) is 2.43. The van der Waals surface area contributed by atoms with Crippen molar-refractivity contribution < 1.29 is 9.13 Å². The van der Waals surface area contributed by atoms with Crippen molar-refractivity contribution in [3.8, 4) is 0 Å². The van der Waals surface area contributed by atoms with Crippen LogP contribution in [0.1, 0.15) is 16.7 Å². The third kappa shape index (κ3) is 3.77. The fourth-order valence-corrected chi connectivity index (χ4v) is 1.94. The number of hydrogen-bond acceptors (Lipinski definition) is 2. The van der Waals surface area contributed by atoms with E-state index in [1.54, 1.807) is 18.2 Å². The molecule has 0 amide bonds. The molecule has 0 aliphatic heterocycles. The Labute approximate surface area is 117 Å². The lowest BCUT2D eigenvalue weighted by Crippen LogP contribution is -2.01. The molecule has 0 saturated heterocycles. The van der Waals surface area contributed by atoms with E-state index in [9.17, 15) is 4.39 Å². The summed E-state index contributed by atoms with van der Waals surface area (Å²) in [6.45, 7) is 0.939. The van der Waals surface area contributed by atoms with Gasteiger partial charge in [-0.15, -0.1) is 0 Å². The molecule has 0 bridgehead atoms. The molecule has 19 heavy (non-hydrogen) atoms. The van der Waals surface area contributed by atoms with Crippen molar-refractivity contribution in [1.82, 2.24) is 0 Å². The second-order valence-electron chi connectivity index (χ2n) is 4.21. The first-order chi connectivity index (χ1) is 9.20. The van der Waals surface area contributed by atoms with Gasteiger partial charge in [-0.05, 0) is 29.3 Å². The Morgan fingerprint density at radius 1 is 1.05 bits per heavy atom. The molecule has 2 rings (SSSR count). The molecule has 2 aromatic rings. The monoisotopic (exact) mass is 279 g/mol. The molecule has 0 aliphatic carbocycles. The van der Waals surface area contributed by atoms with Gasteiger partial charge in [-0.25, -0.2) is 4.39 Å². The molecule has 4 heteroatoms. The molecule has 0 radical (unpaired) electrons. The molecule has 0 spiro atoms. The number of rotatable bonds is 5. The predicted octanol–water partition coefficient (Wildman–Crippen LogP) is 3.65. The highest BCUT2D eigenvalue weighted by molar-refractivity contribution is 6.31. The fraction of sp³-hybridized carbons (Fsp3) is 0.200. The van der Waals surface area contributed by atoms with Crippen molar-refractivity contribution in [2.45, 2.75) is 19.8 Å². The Balaban J connectivity index is 1.98. The van der Waals surface area contributed by atoms with Crippen LogP contribution in [0.3, 0.4) is 0 Å². The highest BCUT2D eigenvalue weighted by atomic mass is 35.5. The van der Waals surface area contributed by atoms with Crippen LogP contribution in [0, 0.1) is 5.82 Å². The van der Waals surface area contributed by atoms with Gasteiger partial charge in [-0.2, -0.15) is 0 Å². The van der Waals surface area contributed by atoms with E-state index < -0.39 is 0 Å². The highest BCUT2D eigenvalue weighted by Crippen LogP contribution is 2.17. The summed E-state index contributed by atoms with van der Waals surface area (Å²) >= 11 is 6.01. The normalized spacial score (nSPS) is 10.7. The Morgan fingerprint density at radius 3 is 2.53 bits per heavy atom. The van der Waals surface area contributed by atoms with Crippen molar-refractivity contribution >= 4 is 11.6 Å². The lowest BCUT2D eigenvalue weighted by atomic mass is 10.1. The number of nitrogens with two attached hydrogens (primary N) is 1. The molecule has 100 valence electrons. The second kappa shape index (κ2) is 6.66. The standard InChI is InChI=1S/C15H15ClFNO/c16-14-4-2-1-3-12(14)9-19-10-13-7-11(8-18)5-6-15(13)17/h1-7H,8-10,18H2. The van der Waals surface area contributed by atoms with Gasteiger partial charge < -0.3 is 10.5 Å². The van der Waals surface area contributed by atoms with Crippen LogP contribution >= 0.6 is 11.6 Å². The van der Waals surface area contributed by atoms with Crippen LogP contribution < -0.4 is 5.73 Å². The third-order valence-electron chi connectivity index (χ3n) is 2.82. The van der Waals surface area contributed by atoms with Crippen molar-refractivity contribution in [2.24, 2.45) is 5.73 Å². The predicted molar refractivity (Wildman–Crippen MR) is 74.2 cm³/mol. The maximum atomic E-state index is 13.6. The van der Waals surface area contributed by atoms with Gasteiger partial charge >= 0.3 is 0 Å². The molecule has 2 nitrogen and oxygen atoms in total. The minimum Gasteiger partial charge on any atom is -0.372 e. The molecule has 0 unspecified atom stereocenters. The van der Waals surface area contributed by atoms with Crippen molar-refractivity contribution in [2.75, 3.05) is 0 Å². The highest BCUT2D eigenvalue weighted by Gasteiger charge is 2.05. The van der Waals surface area contributed by atoms with E-state index in [-0.39, 0.29) is 12.4 Å². The van der Waals surface area contributed by atoms with E-state index >= 15 is 0 Å². The lowest BCUT2D eigenvalue weighted by molar-refractivity contribution is 0.105. The lowest BCUT2D eigenvalue weighted by Gasteiger charge is -2.08.